The molecule has 0 saturated heterocycles. The zero-order valence-corrected chi connectivity index (χ0v) is 9.25. The van der Waals surface area contributed by atoms with E-state index in [9.17, 15) is 0 Å². The SMILES string of the molecule is CCCCC(N)c1nc(C(C)C)n[nH]1. The smallest absolute Gasteiger partial charge is 0.153 e. The van der Waals surface area contributed by atoms with Crippen molar-refractivity contribution in [1.29, 1.82) is 0 Å². The van der Waals surface area contributed by atoms with Gasteiger partial charge in [-0.15, -0.1) is 0 Å². The molecule has 0 radical (unpaired) electrons. The van der Waals surface area contributed by atoms with Crippen LogP contribution in [0.5, 0.6) is 0 Å². The van der Waals surface area contributed by atoms with Gasteiger partial charge in [-0.25, -0.2) is 4.98 Å². The molecule has 0 bridgehead atoms. The Morgan fingerprint density at radius 1 is 1.43 bits per heavy atom. The molecular weight excluding hydrogens is 176 g/mol. The predicted octanol–water partition coefficient (Wildman–Crippen LogP) is 2.12. The molecule has 1 aromatic rings. The van der Waals surface area contributed by atoms with Gasteiger partial charge in [0.1, 0.15) is 5.82 Å². The van der Waals surface area contributed by atoms with E-state index in [1.165, 1.54) is 6.42 Å². The second-order valence-electron chi connectivity index (χ2n) is 3.98. The Morgan fingerprint density at radius 3 is 2.64 bits per heavy atom. The van der Waals surface area contributed by atoms with E-state index in [-0.39, 0.29) is 6.04 Å². The van der Waals surface area contributed by atoms with Gasteiger partial charge in [0, 0.05) is 5.92 Å². The maximum Gasteiger partial charge on any atom is 0.153 e. The molecule has 0 saturated carbocycles. The molecule has 0 aromatic carbocycles. The molecule has 1 aromatic heterocycles. The van der Waals surface area contributed by atoms with E-state index in [2.05, 4.69) is 36.0 Å². The van der Waals surface area contributed by atoms with Gasteiger partial charge < -0.3 is 5.73 Å². The van der Waals surface area contributed by atoms with Crippen LogP contribution in [0.15, 0.2) is 0 Å². The normalized spacial score (nSPS) is 13.5. The van der Waals surface area contributed by atoms with Crippen molar-refractivity contribution in [2.45, 2.75) is 52.0 Å². The van der Waals surface area contributed by atoms with Crippen molar-refractivity contribution >= 4 is 0 Å². The highest BCUT2D eigenvalue weighted by molar-refractivity contribution is 4.98. The lowest BCUT2D eigenvalue weighted by atomic mass is 10.1. The lowest BCUT2D eigenvalue weighted by Crippen LogP contribution is -2.12. The predicted molar refractivity (Wildman–Crippen MR) is 56.9 cm³/mol. The number of nitrogens with two attached hydrogens (primary N) is 1. The first-order chi connectivity index (χ1) is 6.65. The van der Waals surface area contributed by atoms with E-state index in [1.807, 2.05) is 0 Å². The number of hydrogen-bond acceptors (Lipinski definition) is 3. The highest BCUT2D eigenvalue weighted by Gasteiger charge is 2.12. The van der Waals surface area contributed by atoms with Crippen molar-refractivity contribution in [3.8, 4) is 0 Å². The summed E-state index contributed by atoms with van der Waals surface area (Å²) in [5, 5.41) is 7.04. The van der Waals surface area contributed by atoms with E-state index in [0.717, 1.165) is 24.5 Å². The largest absolute Gasteiger partial charge is 0.321 e. The summed E-state index contributed by atoms with van der Waals surface area (Å²) in [7, 11) is 0. The molecule has 4 heteroatoms. The summed E-state index contributed by atoms with van der Waals surface area (Å²) in [4.78, 5) is 4.37. The van der Waals surface area contributed by atoms with E-state index in [4.69, 9.17) is 5.73 Å². The number of nitrogens with zero attached hydrogens (tertiary/aromatic N) is 2. The number of aromatic nitrogens is 3. The molecule has 0 aliphatic heterocycles. The average molecular weight is 196 g/mol. The third-order valence-electron chi connectivity index (χ3n) is 2.26. The minimum absolute atomic E-state index is 0.00921. The van der Waals surface area contributed by atoms with Crippen LogP contribution < -0.4 is 5.73 Å². The first-order valence-electron chi connectivity index (χ1n) is 5.33. The fraction of sp³-hybridized carbons (Fsp3) is 0.800. The molecule has 4 nitrogen and oxygen atoms in total. The Morgan fingerprint density at radius 2 is 2.14 bits per heavy atom. The summed E-state index contributed by atoms with van der Waals surface area (Å²) < 4.78 is 0. The van der Waals surface area contributed by atoms with E-state index >= 15 is 0 Å². The Balaban J connectivity index is 2.57. The number of rotatable bonds is 5. The van der Waals surface area contributed by atoms with Gasteiger partial charge in [0.15, 0.2) is 5.82 Å². The first kappa shape index (κ1) is 11.2. The summed E-state index contributed by atoms with van der Waals surface area (Å²) in [5.74, 6) is 2.03. The zero-order valence-electron chi connectivity index (χ0n) is 9.25. The molecule has 14 heavy (non-hydrogen) atoms. The quantitative estimate of drug-likeness (QED) is 0.758. The maximum atomic E-state index is 5.96. The fourth-order valence-corrected chi connectivity index (χ4v) is 1.27. The van der Waals surface area contributed by atoms with Crippen molar-refractivity contribution in [1.82, 2.24) is 15.2 Å². The standard InChI is InChI=1S/C10H20N4/c1-4-5-6-8(11)10-12-9(7(2)3)13-14-10/h7-8H,4-6,11H2,1-3H3,(H,12,13,14). The van der Waals surface area contributed by atoms with Crippen LogP contribution in [0, 0.1) is 0 Å². The minimum Gasteiger partial charge on any atom is -0.321 e. The number of H-pyrrole nitrogens is 1. The van der Waals surface area contributed by atoms with Gasteiger partial charge in [0.25, 0.3) is 0 Å². The Labute approximate surface area is 85.3 Å². The van der Waals surface area contributed by atoms with E-state index in [1.54, 1.807) is 0 Å². The van der Waals surface area contributed by atoms with Crippen molar-refractivity contribution in [3.05, 3.63) is 11.6 Å². The van der Waals surface area contributed by atoms with Gasteiger partial charge >= 0.3 is 0 Å². The molecule has 1 atom stereocenters. The minimum atomic E-state index is 0.00921. The lowest BCUT2D eigenvalue weighted by molar-refractivity contribution is 0.576. The monoisotopic (exact) mass is 196 g/mol. The summed E-state index contributed by atoms with van der Waals surface area (Å²) in [5.41, 5.74) is 5.96. The molecular formula is C10H20N4. The topological polar surface area (TPSA) is 67.6 Å². The summed E-state index contributed by atoms with van der Waals surface area (Å²) >= 11 is 0. The fourth-order valence-electron chi connectivity index (χ4n) is 1.27. The summed E-state index contributed by atoms with van der Waals surface area (Å²) in [6.07, 6.45) is 3.28. The van der Waals surface area contributed by atoms with Crippen LogP contribution in [0.1, 0.15) is 63.6 Å². The maximum absolute atomic E-state index is 5.96. The van der Waals surface area contributed by atoms with Crippen LogP contribution in [-0.4, -0.2) is 15.2 Å². The highest BCUT2D eigenvalue weighted by Crippen LogP contribution is 2.15. The number of hydrogen-bond donors (Lipinski definition) is 2. The molecule has 1 rings (SSSR count). The Kier molecular flexibility index (Phi) is 4.07. The summed E-state index contributed by atoms with van der Waals surface area (Å²) in [6.45, 7) is 6.31. The van der Waals surface area contributed by atoms with E-state index < -0.39 is 0 Å². The van der Waals surface area contributed by atoms with Crippen LogP contribution in [-0.2, 0) is 0 Å². The highest BCUT2D eigenvalue weighted by atomic mass is 15.2. The molecule has 3 N–H and O–H groups in total. The van der Waals surface area contributed by atoms with Crippen LogP contribution in [0.25, 0.3) is 0 Å². The van der Waals surface area contributed by atoms with E-state index in [0.29, 0.717) is 5.92 Å². The van der Waals surface area contributed by atoms with Crippen LogP contribution >= 0.6 is 0 Å². The third-order valence-corrected chi connectivity index (χ3v) is 2.26. The zero-order chi connectivity index (χ0) is 10.6. The molecule has 0 aliphatic carbocycles. The third kappa shape index (κ3) is 2.80. The molecule has 0 aliphatic rings. The van der Waals surface area contributed by atoms with Crippen LogP contribution in [0.4, 0.5) is 0 Å². The van der Waals surface area contributed by atoms with Crippen molar-refractivity contribution in [3.63, 3.8) is 0 Å². The average Bonchev–Trinajstić information content (AvgIpc) is 2.62. The Hall–Kier alpha value is -0.900. The molecule has 1 heterocycles. The van der Waals surface area contributed by atoms with Gasteiger partial charge in [-0.3, -0.25) is 5.10 Å². The van der Waals surface area contributed by atoms with Crippen molar-refractivity contribution in [2.24, 2.45) is 5.73 Å². The van der Waals surface area contributed by atoms with Crippen LogP contribution in [0.3, 0.4) is 0 Å². The summed E-state index contributed by atoms with van der Waals surface area (Å²) in [6, 6.07) is 0.00921. The number of aromatic amines is 1. The first-order valence-corrected chi connectivity index (χ1v) is 5.33. The van der Waals surface area contributed by atoms with Gasteiger partial charge in [-0.1, -0.05) is 33.6 Å². The molecule has 0 spiro atoms. The Bertz CT molecular complexity index is 267. The van der Waals surface area contributed by atoms with Gasteiger partial charge in [-0.2, -0.15) is 5.10 Å². The number of nitrogens with one attached hydrogen (secondary N) is 1. The van der Waals surface area contributed by atoms with Gasteiger partial charge in [0.05, 0.1) is 6.04 Å². The number of unbranched alkanes of at least 4 members (excludes halogenated alkanes) is 1. The molecule has 1 unspecified atom stereocenters. The molecule has 80 valence electrons. The van der Waals surface area contributed by atoms with Gasteiger partial charge in [-0.05, 0) is 6.42 Å². The molecule has 0 fully saturated rings. The van der Waals surface area contributed by atoms with Crippen LogP contribution in [0.2, 0.25) is 0 Å². The lowest BCUT2D eigenvalue weighted by Gasteiger charge is -2.05. The van der Waals surface area contributed by atoms with Gasteiger partial charge in [0.2, 0.25) is 0 Å². The second-order valence-corrected chi connectivity index (χ2v) is 3.98. The van der Waals surface area contributed by atoms with Crippen molar-refractivity contribution in [2.75, 3.05) is 0 Å². The molecule has 0 amide bonds. The second kappa shape index (κ2) is 5.10. The van der Waals surface area contributed by atoms with Crippen molar-refractivity contribution < 1.29 is 0 Å².